The molecule has 2 aliphatic rings. The molecule has 1 aliphatic carbocycles. The number of aromatic nitrogens is 3. The average Bonchev–Trinajstić information content (AvgIpc) is 3.29. The fourth-order valence-electron chi connectivity index (χ4n) is 5.51. The Balaban J connectivity index is 1.43. The van der Waals surface area contributed by atoms with Gasteiger partial charge in [0.05, 0.1) is 34.7 Å². The Morgan fingerprint density at radius 2 is 1.63 bits per heavy atom. The molecule has 206 valence electrons. The molecule has 7 rings (SSSR count). The van der Waals surface area contributed by atoms with Crippen molar-refractivity contribution < 1.29 is 13.2 Å². The minimum atomic E-state index is -4.39. The molecule has 6 nitrogen and oxygen atoms in total. The van der Waals surface area contributed by atoms with Crippen molar-refractivity contribution in [1.29, 1.82) is 0 Å². The summed E-state index contributed by atoms with van der Waals surface area (Å²) < 4.78 is 42.7. The van der Waals surface area contributed by atoms with Gasteiger partial charge in [-0.1, -0.05) is 48.5 Å². The molecule has 1 saturated carbocycles. The zero-order valence-corrected chi connectivity index (χ0v) is 22.6. The van der Waals surface area contributed by atoms with Crippen molar-refractivity contribution in [2.45, 2.75) is 30.3 Å². The van der Waals surface area contributed by atoms with Crippen LogP contribution in [0.5, 0.6) is 0 Å². The first-order chi connectivity index (χ1) is 19.8. The second-order valence-electron chi connectivity index (χ2n) is 10.3. The number of benzene rings is 3. The number of imidazole rings is 1. The van der Waals surface area contributed by atoms with E-state index in [1.165, 1.54) is 0 Å². The molecule has 1 aliphatic heterocycles. The van der Waals surface area contributed by atoms with E-state index in [1.807, 2.05) is 36.4 Å². The fraction of sp³-hybridized carbons (Fsp3) is 0.161. The first-order valence-corrected chi connectivity index (χ1v) is 14.1. The Morgan fingerprint density at radius 1 is 0.902 bits per heavy atom. The maximum Gasteiger partial charge on any atom is 0.461 e. The Hall–Kier alpha value is -4.28. The van der Waals surface area contributed by atoms with E-state index in [1.54, 1.807) is 30.5 Å². The number of nitrogens with two attached hydrogens (primary N) is 1. The first kappa shape index (κ1) is 25.7. The van der Waals surface area contributed by atoms with Crippen LogP contribution in [0.3, 0.4) is 0 Å². The lowest BCUT2D eigenvalue weighted by Crippen LogP contribution is -2.43. The number of pyridine rings is 1. The van der Waals surface area contributed by atoms with E-state index in [2.05, 4.69) is 43.9 Å². The van der Waals surface area contributed by atoms with Crippen molar-refractivity contribution in [3.8, 4) is 39.6 Å². The Labute approximate surface area is 239 Å². The molecule has 0 saturated heterocycles. The molecular weight excluding hydrogens is 545 g/mol. The third-order valence-electron chi connectivity index (χ3n) is 7.75. The van der Waals surface area contributed by atoms with Crippen LogP contribution >= 0.6 is 11.9 Å². The van der Waals surface area contributed by atoms with Crippen LogP contribution in [0.2, 0.25) is 0 Å². The molecule has 2 aromatic heterocycles. The second-order valence-corrected chi connectivity index (χ2v) is 11.2. The highest BCUT2D eigenvalue weighted by Gasteiger charge is 2.35. The number of fused-ring (bicyclic) bond motifs is 5. The van der Waals surface area contributed by atoms with Crippen LogP contribution in [-0.4, -0.2) is 20.0 Å². The molecule has 3 aromatic carbocycles. The maximum absolute atomic E-state index is 12.7. The minimum Gasteiger partial charge on any atom is -0.338 e. The van der Waals surface area contributed by atoms with Crippen LogP contribution in [0, 0.1) is 0 Å². The van der Waals surface area contributed by atoms with Gasteiger partial charge in [-0.2, -0.15) is 13.2 Å². The van der Waals surface area contributed by atoms with Gasteiger partial charge in [0.25, 0.3) is 0 Å². The van der Waals surface area contributed by atoms with Crippen molar-refractivity contribution in [2.24, 2.45) is 5.73 Å². The summed E-state index contributed by atoms with van der Waals surface area (Å²) in [5, 5.41) is 3.46. The van der Waals surface area contributed by atoms with Crippen molar-refractivity contribution in [3.63, 3.8) is 0 Å². The number of para-hydroxylation sites is 1. The Bertz CT molecular complexity index is 1740. The highest BCUT2D eigenvalue weighted by atomic mass is 32.2. The number of hydrogen-bond donors (Lipinski definition) is 3. The van der Waals surface area contributed by atoms with Gasteiger partial charge in [0.15, 0.2) is 5.82 Å². The molecular formula is C31H25F3N6S. The monoisotopic (exact) mass is 570 g/mol. The van der Waals surface area contributed by atoms with Gasteiger partial charge in [-0.3, -0.25) is 4.57 Å². The molecule has 5 aromatic rings. The fourth-order valence-corrected chi connectivity index (χ4v) is 5.88. The number of nitrogens with zero attached hydrogens (tertiary/aromatic N) is 3. The second kappa shape index (κ2) is 9.67. The number of nitrogens with one attached hydrogen (secondary N) is 2. The highest BCUT2D eigenvalue weighted by Crippen LogP contribution is 2.45. The van der Waals surface area contributed by atoms with Crippen molar-refractivity contribution in [1.82, 2.24) is 14.5 Å². The lowest BCUT2D eigenvalue weighted by molar-refractivity contribution is -0.0323. The van der Waals surface area contributed by atoms with Gasteiger partial charge < -0.3 is 15.8 Å². The highest BCUT2D eigenvalue weighted by molar-refractivity contribution is 8.01. The number of anilines is 3. The van der Waals surface area contributed by atoms with E-state index in [9.17, 15) is 13.2 Å². The topological polar surface area (TPSA) is 80.8 Å². The summed E-state index contributed by atoms with van der Waals surface area (Å²) in [5.74, 6) is 1.43. The molecule has 10 heteroatoms. The number of hydrogen-bond acceptors (Lipinski definition) is 6. The summed E-state index contributed by atoms with van der Waals surface area (Å²) in [7, 11) is 0. The molecule has 0 amide bonds. The van der Waals surface area contributed by atoms with Crippen molar-refractivity contribution in [2.75, 3.05) is 10.0 Å². The minimum absolute atomic E-state index is 0.285. The standard InChI is InChI=1S/C31H25F3N6S/c32-31(33,34)41-39-22-14-10-19(11-15-22)26-27(20-8-12-21(13-9-20)30(35)16-4-17-30)40-25-7-3-18-36-28(25)37-24-6-2-1-5-23(24)29(40)38-26/h1-3,5-15,18,39H,4,16-17,35H2,(H,36,37). The van der Waals surface area contributed by atoms with Gasteiger partial charge in [-0.25, -0.2) is 9.97 Å². The quantitative estimate of drug-likeness (QED) is 0.181. The molecule has 41 heavy (non-hydrogen) atoms. The van der Waals surface area contributed by atoms with Crippen molar-refractivity contribution >= 4 is 29.1 Å². The van der Waals surface area contributed by atoms with Crippen LogP contribution in [0.4, 0.5) is 30.4 Å². The van der Waals surface area contributed by atoms with Gasteiger partial charge in [-0.15, -0.1) is 0 Å². The van der Waals surface area contributed by atoms with Crippen LogP contribution < -0.4 is 15.8 Å². The van der Waals surface area contributed by atoms with Crippen LogP contribution in [0.25, 0.3) is 39.6 Å². The third-order valence-corrected chi connectivity index (χ3v) is 8.32. The predicted octanol–water partition coefficient (Wildman–Crippen LogP) is 8.24. The Morgan fingerprint density at radius 3 is 2.34 bits per heavy atom. The number of alkyl halides is 3. The summed E-state index contributed by atoms with van der Waals surface area (Å²) in [6, 6.07) is 27.0. The van der Waals surface area contributed by atoms with E-state index in [0.717, 1.165) is 64.4 Å². The summed E-state index contributed by atoms with van der Waals surface area (Å²) in [4.78, 5) is 9.81. The van der Waals surface area contributed by atoms with Crippen LogP contribution in [-0.2, 0) is 5.54 Å². The molecule has 0 radical (unpaired) electrons. The molecule has 0 bridgehead atoms. The molecule has 1 fully saturated rings. The molecule has 0 spiro atoms. The molecule has 3 heterocycles. The van der Waals surface area contributed by atoms with Crippen LogP contribution in [0.1, 0.15) is 24.8 Å². The largest absolute Gasteiger partial charge is 0.461 e. The number of rotatable bonds is 5. The van der Waals surface area contributed by atoms with Crippen molar-refractivity contribution in [3.05, 3.63) is 96.7 Å². The number of halogens is 3. The molecule has 0 unspecified atom stereocenters. The van der Waals surface area contributed by atoms with E-state index in [-0.39, 0.29) is 17.5 Å². The zero-order chi connectivity index (χ0) is 28.2. The first-order valence-electron chi connectivity index (χ1n) is 13.2. The van der Waals surface area contributed by atoms with Crippen LogP contribution in [0.15, 0.2) is 91.1 Å². The smallest absolute Gasteiger partial charge is 0.338 e. The van der Waals surface area contributed by atoms with E-state index >= 15 is 0 Å². The molecule has 0 atom stereocenters. The predicted molar refractivity (Wildman–Crippen MR) is 158 cm³/mol. The zero-order valence-electron chi connectivity index (χ0n) is 21.7. The summed E-state index contributed by atoms with van der Waals surface area (Å²) in [5.41, 5.74) is 9.30. The van der Waals surface area contributed by atoms with Gasteiger partial charge in [0.1, 0.15) is 5.82 Å². The van der Waals surface area contributed by atoms with E-state index in [0.29, 0.717) is 17.2 Å². The summed E-state index contributed by atoms with van der Waals surface area (Å²) in [6.45, 7) is 0. The lowest BCUT2D eigenvalue weighted by Gasteiger charge is -2.38. The van der Waals surface area contributed by atoms with Gasteiger partial charge in [-0.05, 0) is 61.2 Å². The van der Waals surface area contributed by atoms with Gasteiger partial charge in [0.2, 0.25) is 0 Å². The molecule has 4 N–H and O–H groups in total. The maximum atomic E-state index is 12.7. The summed E-state index contributed by atoms with van der Waals surface area (Å²) >= 11 is -0.287. The van der Waals surface area contributed by atoms with Gasteiger partial charge >= 0.3 is 5.51 Å². The Kier molecular flexibility index (Phi) is 6.06. The summed E-state index contributed by atoms with van der Waals surface area (Å²) in [6.07, 6.45) is 4.80. The third kappa shape index (κ3) is 4.62. The van der Waals surface area contributed by atoms with E-state index in [4.69, 9.17) is 10.7 Å². The average molecular weight is 571 g/mol. The SMILES string of the molecule is NC1(c2ccc(-c3c(-c4ccc(NSC(F)(F)F)cc4)nc4n3-c3cccnc3Nc3ccccc3-4)cc2)CCC1. The lowest BCUT2D eigenvalue weighted by atomic mass is 9.72. The van der Waals surface area contributed by atoms with E-state index < -0.39 is 5.51 Å². The normalized spacial score (nSPS) is 15.0. The van der Waals surface area contributed by atoms with Gasteiger partial charge in [0, 0.05) is 34.1 Å².